The smallest absolute Gasteiger partial charge is 0.303 e. The number of carbonyl (C=O) groups is 1. The Morgan fingerprint density at radius 1 is 1.12 bits per heavy atom. The van der Waals surface area contributed by atoms with Crippen molar-refractivity contribution in [1.29, 1.82) is 0 Å². The standard InChI is InChI=1S/C19H23NO4/c1-23-11-12-24-18-8-3-2-6-16(18)14-20-17-7-4-5-15(13-17)9-10-19(21)22/h2-8,13,20H,9-12,14H2,1H3,(H,21,22). The van der Waals surface area contributed by atoms with Crippen LogP contribution in [0.5, 0.6) is 5.75 Å². The molecule has 2 aromatic rings. The van der Waals surface area contributed by atoms with Gasteiger partial charge in [-0.15, -0.1) is 0 Å². The summed E-state index contributed by atoms with van der Waals surface area (Å²) in [4.78, 5) is 10.7. The van der Waals surface area contributed by atoms with Crippen LogP contribution >= 0.6 is 0 Å². The average molecular weight is 329 g/mol. The minimum atomic E-state index is -0.782. The highest BCUT2D eigenvalue weighted by molar-refractivity contribution is 5.67. The van der Waals surface area contributed by atoms with E-state index in [0.29, 0.717) is 26.2 Å². The van der Waals surface area contributed by atoms with Gasteiger partial charge >= 0.3 is 5.97 Å². The molecule has 0 aliphatic carbocycles. The quantitative estimate of drug-likeness (QED) is 0.654. The molecule has 5 nitrogen and oxygen atoms in total. The Morgan fingerprint density at radius 2 is 1.96 bits per heavy atom. The summed E-state index contributed by atoms with van der Waals surface area (Å²) in [6, 6.07) is 15.7. The first-order valence-corrected chi connectivity index (χ1v) is 7.93. The van der Waals surface area contributed by atoms with Crippen LogP contribution < -0.4 is 10.1 Å². The van der Waals surface area contributed by atoms with Gasteiger partial charge in [0.15, 0.2) is 0 Å². The van der Waals surface area contributed by atoms with Gasteiger partial charge in [-0.3, -0.25) is 4.79 Å². The van der Waals surface area contributed by atoms with Crippen molar-refractivity contribution in [3.63, 3.8) is 0 Å². The Hall–Kier alpha value is -2.53. The number of ether oxygens (including phenoxy) is 2. The number of benzene rings is 2. The number of rotatable bonds is 10. The van der Waals surface area contributed by atoms with E-state index < -0.39 is 5.97 Å². The molecule has 0 unspecified atom stereocenters. The van der Waals surface area contributed by atoms with Gasteiger partial charge in [-0.05, 0) is 30.2 Å². The van der Waals surface area contributed by atoms with Crippen LogP contribution in [0.15, 0.2) is 48.5 Å². The van der Waals surface area contributed by atoms with E-state index in [1.807, 2.05) is 48.5 Å². The highest BCUT2D eigenvalue weighted by Crippen LogP contribution is 2.20. The summed E-state index contributed by atoms with van der Waals surface area (Å²) in [5.41, 5.74) is 3.03. The van der Waals surface area contributed by atoms with Crippen molar-refractivity contribution < 1.29 is 19.4 Å². The molecule has 0 spiro atoms. The summed E-state index contributed by atoms with van der Waals surface area (Å²) >= 11 is 0. The second-order valence-corrected chi connectivity index (χ2v) is 5.40. The molecule has 0 amide bonds. The van der Waals surface area contributed by atoms with Gasteiger partial charge < -0.3 is 19.9 Å². The molecule has 128 valence electrons. The Labute approximate surface area is 142 Å². The number of para-hydroxylation sites is 1. The Morgan fingerprint density at radius 3 is 2.75 bits per heavy atom. The van der Waals surface area contributed by atoms with Gasteiger partial charge in [0.05, 0.1) is 6.61 Å². The van der Waals surface area contributed by atoms with Gasteiger partial charge in [-0.1, -0.05) is 30.3 Å². The lowest BCUT2D eigenvalue weighted by atomic mass is 10.1. The highest BCUT2D eigenvalue weighted by Gasteiger charge is 2.04. The highest BCUT2D eigenvalue weighted by atomic mass is 16.5. The lowest BCUT2D eigenvalue weighted by Gasteiger charge is -2.13. The number of carboxylic acid groups (broad SMARTS) is 1. The molecule has 0 radical (unpaired) electrons. The fraction of sp³-hybridized carbons (Fsp3) is 0.316. The number of aliphatic carboxylic acids is 1. The van der Waals surface area contributed by atoms with Gasteiger partial charge in [0.25, 0.3) is 0 Å². The molecular weight excluding hydrogens is 306 g/mol. The van der Waals surface area contributed by atoms with Crippen molar-refractivity contribution in [1.82, 2.24) is 0 Å². The van der Waals surface area contributed by atoms with Crippen LogP contribution in [-0.2, 0) is 22.5 Å². The first kappa shape index (κ1) is 17.8. The van der Waals surface area contributed by atoms with E-state index in [0.717, 1.165) is 22.6 Å². The minimum absolute atomic E-state index is 0.139. The van der Waals surface area contributed by atoms with Crippen LogP contribution in [0.2, 0.25) is 0 Å². The van der Waals surface area contributed by atoms with Crippen LogP contribution in [-0.4, -0.2) is 31.4 Å². The first-order valence-electron chi connectivity index (χ1n) is 7.93. The summed E-state index contributed by atoms with van der Waals surface area (Å²) in [7, 11) is 1.65. The summed E-state index contributed by atoms with van der Waals surface area (Å²) < 4.78 is 10.7. The van der Waals surface area contributed by atoms with Crippen LogP contribution in [0, 0.1) is 0 Å². The lowest BCUT2D eigenvalue weighted by Crippen LogP contribution is -2.08. The van der Waals surface area contributed by atoms with Gasteiger partial charge in [-0.25, -0.2) is 0 Å². The van der Waals surface area contributed by atoms with Crippen molar-refractivity contribution >= 4 is 11.7 Å². The van der Waals surface area contributed by atoms with E-state index in [4.69, 9.17) is 14.6 Å². The van der Waals surface area contributed by atoms with Crippen LogP contribution in [0.1, 0.15) is 17.5 Å². The molecule has 2 N–H and O–H groups in total. The van der Waals surface area contributed by atoms with E-state index >= 15 is 0 Å². The zero-order valence-corrected chi connectivity index (χ0v) is 13.8. The molecule has 0 aliphatic heterocycles. The van der Waals surface area contributed by atoms with Crippen molar-refractivity contribution in [3.8, 4) is 5.75 Å². The SMILES string of the molecule is COCCOc1ccccc1CNc1cccc(CCC(=O)O)c1. The number of hydrogen-bond acceptors (Lipinski definition) is 4. The maximum absolute atomic E-state index is 10.7. The summed E-state index contributed by atoms with van der Waals surface area (Å²) in [6.07, 6.45) is 0.668. The normalized spacial score (nSPS) is 10.4. The fourth-order valence-corrected chi connectivity index (χ4v) is 2.31. The van der Waals surface area contributed by atoms with Gasteiger partial charge in [0.1, 0.15) is 12.4 Å². The maximum atomic E-state index is 10.7. The number of carboxylic acids is 1. The van der Waals surface area contributed by atoms with E-state index in [1.54, 1.807) is 7.11 Å². The van der Waals surface area contributed by atoms with Crippen molar-refractivity contribution in [2.75, 3.05) is 25.6 Å². The summed E-state index contributed by atoms with van der Waals surface area (Å²) in [5.74, 6) is 0.0552. The Balaban J connectivity index is 1.95. The lowest BCUT2D eigenvalue weighted by molar-refractivity contribution is -0.136. The fourth-order valence-electron chi connectivity index (χ4n) is 2.31. The van der Waals surface area contributed by atoms with Gasteiger partial charge in [-0.2, -0.15) is 0 Å². The molecule has 0 saturated carbocycles. The monoisotopic (exact) mass is 329 g/mol. The van der Waals surface area contributed by atoms with Crippen LogP contribution in [0.4, 0.5) is 5.69 Å². The summed E-state index contributed by atoms with van der Waals surface area (Å²) in [6.45, 7) is 1.69. The molecular formula is C19H23NO4. The number of methoxy groups -OCH3 is 1. The van der Waals surface area contributed by atoms with Gasteiger partial charge in [0, 0.05) is 31.3 Å². The average Bonchev–Trinajstić information content (AvgIpc) is 2.60. The number of anilines is 1. The minimum Gasteiger partial charge on any atom is -0.491 e. The third kappa shape index (κ3) is 5.93. The molecule has 2 aromatic carbocycles. The molecule has 5 heteroatoms. The number of nitrogens with one attached hydrogen (secondary N) is 1. The Kier molecular flexibility index (Phi) is 7.11. The van der Waals surface area contributed by atoms with Crippen LogP contribution in [0.25, 0.3) is 0 Å². The predicted molar refractivity (Wildman–Crippen MR) is 93.5 cm³/mol. The molecule has 0 atom stereocenters. The first-order chi connectivity index (χ1) is 11.7. The second-order valence-electron chi connectivity index (χ2n) is 5.40. The predicted octanol–water partition coefficient (Wildman–Crippen LogP) is 3.34. The number of hydrogen-bond donors (Lipinski definition) is 2. The van der Waals surface area contributed by atoms with Crippen molar-refractivity contribution in [3.05, 3.63) is 59.7 Å². The second kappa shape index (κ2) is 9.57. The molecule has 0 heterocycles. The van der Waals surface area contributed by atoms with E-state index in [9.17, 15) is 4.79 Å². The van der Waals surface area contributed by atoms with Crippen LogP contribution in [0.3, 0.4) is 0 Å². The maximum Gasteiger partial charge on any atom is 0.303 e. The molecule has 24 heavy (non-hydrogen) atoms. The zero-order valence-electron chi connectivity index (χ0n) is 13.8. The third-order valence-electron chi connectivity index (χ3n) is 3.56. The molecule has 0 bridgehead atoms. The van der Waals surface area contributed by atoms with E-state index in [1.165, 1.54) is 0 Å². The molecule has 0 fully saturated rings. The van der Waals surface area contributed by atoms with E-state index in [2.05, 4.69) is 5.32 Å². The van der Waals surface area contributed by atoms with Crippen molar-refractivity contribution in [2.24, 2.45) is 0 Å². The van der Waals surface area contributed by atoms with E-state index in [-0.39, 0.29) is 6.42 Å². The topological polar surface area (TPSA) is 67.8 Å². The van der Waals surface area contributed by atoms with Crippen molar-refractivity contribution in [2.45, 2.75) is 19.4 Å². The summed E-state index contributed by atoms with van der Waals surface area (Å²) in [5, 5.41) is 12.1. The van der Waals surface area contributed by atoms with Gasteiger partial charge in [0.2, 0.25) is 0 Å². The Bertz CT molecular complexity index is 657. The zero-order chi connectivity index (χ0) is 17.2. The number of aryl methyl sites for hydroxylation is 1. The molecule has 2 rings (SSSR count). The largest absolute Gasteiger partial charge is 0.491 e. The molecule has 0 aliphatic rings. The molecule has 0 saturated heterocycles. The molecule has 0 aromatic heterocycles. The third-order valence-corrected chi connectivity index (χ3v) is 3.56.